The number of carbonyl (C=O) groups is 1. The van der Waals surface area contributed by atoms with Gasteiger partial charge in [-0.25, -0.2) is 4.98 Å². The lowest BCUT2D eigenvalue weighted by Gasteiger charge is -2.21. The van der Waals surface area contributed by atoms with Gasteiger partial charge in [0.1, 0.15) is 6.26 Å². The molecule has 88 valence electrons. The molecule has 5 nitrogen and oxygen atoms in total. The summed E-state index contributed by atoms with van der Waals surface area (Å²) in [5, 5.41) is 11.9. The van der Waals surface area contributed by atoms with E-state index in [1.54, 1.807) is 0 Å². The molecule has 5 heteroatoms. The van der Waals surface area contributed by atoms with Crippen molar-refractivity contribution < 1.29 is 14.3 Å². The van der Waals surface area contributed by atoms with Crippen LogP contribution in [0.1, 0.15) is 24.4 Å². The van der Waals surface area contributed by atoms with Crippen LogP contribution in [-0.4, -0.2) is 29.1 Å². The van der Waals surface area contributed by atoms with Gasteiger partial charge in [0.25, 0.3) is 0 Å². The number of nitrogens with zero attached hydrogens (tertiary/aromatic N) is 1. The summed E-state index contributed by atoms with van der Waals surface area (Å²) in [5.41, 5.74) is 0.506. The van der Waals surface area contributed by atoms with E-state index in [1.165, 1.54) is 19.1 Å². The number of aliphatic carboxylic acids is 1. The van der Waals surface area contributed by atoms with Crippen LogP contribution in [0.5, 0.6) is 0 Å². The maximum absolute atomic E-state index is 10.5. The normalized spacial score (nSPS) is 20.9. The van der Waals surface area contributed by atoms with E-state index >= 15 is 0 Å². The number of nitrogens with one attached hydrogen (secondary N) is 1. The highest BCUT2D eigenvalue weighted by Gasteiger charge is 2.16. The van der Waals surface area contributed by atoms with E-state index < -0.39 is 5.97 Å². The zero-order valence-electron chi connectivity index (χ0n) is 9.11. The van der Waals surface area contributed by atoms with Gasteiger partial charge in [-0.15, -0.1) is 0 Å². The van der Waals surface area contributed by atoms with Crippen LogP contribution < -0.4 is 5.32 Å². The standard InChI is InChI=1S/C11H16N2O3/c14-11(15)5-9-7-16-10(13-9)4-8-2-1-3-12-6-8/h7-8,12H,1-6H2,(H,14,15). The third-order valence-electron chi connectivity index (χ3n) is 2.79. The molecule has 1 atom stereocenters. The number of hydrogen-bond donors (Lipinski definition) is 2. The summed E-state index contributed by atoms with van der Waals surface area (Å²) in [6.07, 6.45) is 4.55. The maximum Gasteiger partial charge on any atom is 0.309 e. The molecule has 0 aromatic carbocycles. The second-order valence-electron chi connectivity index (χ2n) is 4.22. The van der Waals surface area contributed by atoms with E-state index in [0.29, 0.717) is 17.5 Å². The molecule has 1 unspecified atom stereocenters. The van der Waals surface area contributed by atoms with Gasteiger partial charge in [0.2, 0.25) is 0 Å². The Morgan fingerprint density at radius 1 is 1.69 bits per heavy atom. The number of oxazole rings is 1. The highest BCUT2D eigenvalue weighted by Crippen LogP contribution is 2.16. The minimum Gasteiger partial charge on any atom is -0.481 e. The van der Waals surface area contributed by atoms with Crippen molar-refractivity contribution in [2.75, 3.05) is 13.1 Å². The minimum atomic E-state index is -0.876. The second-order valence-corrected chi connectivity index (χ2v) is 4.22. The van der Waals surface area contributed by atoms with Crippen LogP contribution in [0, 0.1) is 5.92 Å². The first kappa shape index (κ1) is 11.1. The van der Waals surface area contributed by atoms with Crippen LogP contribution >= 0.6 is 0 Å². The fraction of sp³-hybridized carbons (Fsp3) is 0.636. The van der Waals surface area contributed by atoms with E-state index in [4.69, 9.17) is 9.52 Å². The third kappa shape index (κ3) is 3.06. The summed E-state index contributed by atoms with van der Waals surface area (Å²) in [6, 6.07) is 0. The van der Waals surface area contributed by atoms with E-state index in [-0.39, 0.29) is 6.42 Å². The van der Waals surface area contributed by atoms with Crippen molar-refractivity contribution in [1.82, 2.24) is 10.3 Å². The summed E-state index contributed by atoms with van der Waals surface area (Å²) in [6.45, 7) is 2.09. The topological polar surface area (TPSA) is 75.4 Å². The van der Waals surface area contributed by atoms with E-state index in [9.17, 15) is 4.79 Å². The summed E-state index contributed by atoms with van der Waals surface area (Å²) >= 11 is 0. The van der Waals surface area contributed by atoms with Crippen LogP contribution in [0.2, 0.25) is 0 Å². The monoisotopic (exact) mass is 224 g/mol. The quantitative estimate of drug-likeness (QED) is 0.792. The van der Waals surface area contributed by atoms with Gasteiger partial charge < -0.3 is 14.8 Å². The van der Waals surface area contributed by atoms with Gasteiger partial charge in [0.05, 0.1) is 12.1 Å². The van der Waals surface area contributed by atoms with Gasteiger partial charge in [-0.2, -0.15) is 0 Å². The Morgan fingerprint density at radius 3 is 3.25 bits per heavy atom. The Kier molecular flexibility index (Phi) is 3.56. The molecular formula is C11H16N2O3. The lowest BCUT2D eigenvalue weighted by molar-refractivity contribution is -0.136. The Hall–Kier alpha value is -1.36. The average molecular weight is 224 g/mol. The number of carboxylic acid groups (broad SMARTS) is 1. The zero-order chi connectivity index (χ0) is 11.4. The number of carboxylic acids is 1. The second kappa shape index (κ2) is 5.12. The number of aromatic nitrogens is 1. The Labute approximate surface area is 93.9 Å². The van der Waals surface area contributed by atoms with Gasteiger partial charge >= 0.3 is 5.97 Å². The molecule has 1 aliphatic heterocycles. The Bertz CT molecular complexity index is 356. The predicted molar refractivity (Wildman–Crippen MR) is 57.1 cm³/mol. The molecule has 0 aliphatic carbocycles. The first-order valence-corrected chi connectivity index (χ1v) is 5.60. The third-order valence-corrected chi connectivity index (χ3v) is 2.79. The molecular weight excluding hydrogens is 208 g/mol. The summed E-state index contributed by atoms with van der Waals surface area (Å²) in [4.78, 5) is 14.6. The van der Waals surface area contributed by atoms with Gasteiger partial charge in [-0.3, -0.25) is 4.79 Å². The van der Waals surface area contributed by atoms with Crippen molar-refractivity contribution >= 4 is 5.97 Å². The number of rotatable bonds is 4. The first-order chi connectivity index (χ1) is 7.74. The molecule has 0 amide bonds. The van der Waals surface area contributed by atoms with E-state index in [1.807, 2.05) is 0 Å². The van der Waals surface area contributed by atoms with Crippen LogP contribution in [0.3, 0.4) is 0 Å². The predicted octanol–water partition coefficient (Wildman–Crippen LogP) is 0.844. The van der Waals surface area contributed by atoms with Crippen LogP contribution in [-0.2, 0) is 17.6 Å². The molecule has 2 N–H and O–H groups in total. The van der Waals surface area contributed by atoms with Crippen molar-refractivity contribution in [2.24, 2.45) is 5.92 Å². The summed E-state index contributed by atoms with van der Waals surface area (Å²) in [5.74, 6) is 0.342. The largest absolute Gasteiger partial charge is 0.481 e. The van der Waals surface area contributed by atoms with Crippen molar-refractivity contribution in [1.29, 1.82) is 0 Å². The fourth-order valence-corrected chi connectivity index (χ4v) is 2.02. The molecule has 0 saturated carbocycles. The van der Waals surface area contributed by atoms with Crippen LogP contribution in [0.25, 0.3) is 0 Å². The molecule has 16 heavy (non-hydrogen) atoms. The van der Waals surface area contributed by atoms with Crippen molar-refractivity contribution in [3.63, 3.8) is 0 Å². The van der Waals surface area contributed by atoms with Crippen LogP contribution in [0.15, 0.2) is 10.7 Å². The number of piperidine rings is 1. The van der Waals surface area contributed by atoms with Gasteiger partial charge in [-0.1, -0.05) is 0 Å². The molecule has 0 radical (unpaired) electrons. The Balaban J connectivity index is 1.88. The van der Waals surface area contributed by atoms with E-state index in [2.05, 4.69) is 10.3 Å². The fourth-order valence-electron chi connectivity index (χ4n) is 2.02. The van der Waals surface area contributed by atoms with Gasteiger partial charge in [-0.05, 0) is 31.8 Å². The molecule has 0 spiro atoms. The molecule has 2 rings (SSSR count). The molecule has 1 saturated heterocycles. The van der Waals surface area contributed by atoms with Crippen molar-refractivity contribution in [2.45, 2.75) is 25.7 Å². The average Bonchev–Trinajstić information content (AvgIpc) is 2.66. The first-order valence-electron chi connectivity index (χ1n) is 5.60. The molecule has 1 aromatic heterocycles. The lowest BCUT2D eigenvalue weighted by atomic mass is 9.96. The maximum atomic E-state index is 10.5. The SMILES string of the molecule is O=C(O)Cc1coc(CC2CCCNC2)n1. The zero-order valence-corrected chi connectivity index (χ0v) is 9.11. The van der Waals surface area contributed by atoms with Crippen molar-refractivity contribution in [3.8, 4) is 0 Å². The van der Waals surface area contributed by atoms with Gasteiger partial charge in [0, 0.05) is 6.42 Å². The molecule has 2 heterocycles. The van der Waals surface area contributed by atoms with Crippen LogP contribution in [0.4, 0.5) is 0 Å². The highest BCUT2D eigenvalue weighted by molar-refractivity contribution is 5.69. The lowest BCUT2D eigenvalue weighted by Crippen LogP contribution is -2.30. The smallest absolute Gasteiger partial charge is 0.309 e. The van der Waals surface area contributed by atoms with E-state index in [0.717, 1.165) is 19.5 Å². The summed E-state index contributed by atoms with van der Waals surface area (Å²) in [7, 11) is 0. The van der Waals surface area contributed by atoms with Gasteiger partial charge in [0.15, 0.2) is 5.89 Å². The Morgan fingerprint density at radius 2 is 2.56 bits per heavy atom. The summed E-state index contributed by atoms with van der Waals surface area (Å²) < 4.78 is 5.27. The number of hydrogen-bond acceptors (Lipinski definition) is 4. The molecule has 1 aromatic rings. The highest BCUT2D eigenvalue weighted by atomic mass is 16.4. The molecule has 1 aliphatic rings. The van der Waals surface area contributed by atoms with Crippen molar-refractivity contribution in [3.05, 3.63) is 17.8 Å². The molecule has 0 bridgehead atoms. The molecule has 1 fully saturated rings. The minimum absolute atomic E-state index is 0.0631.